The summed E-state index contributed by atoms with van der Waals surface area (Å²) in [6.45, 7) is 2.13. The fourth-order valence-corrected chi connectivity index (χ4v) is 4.95. The van der Waals surface area contributed by atoms with Crippen LogP contribution in [-0.4, -0.2) is 77.7 Å². The smallest absolute Gasteiger partial charge is 0.408 e. The van der Waals surface area contributed by atoms with Crippen LogP contribution in [0.3, 0.4) is 0 Å². The zero-order chi connectivity index (χ0) is 23.0. The number of piperazine rings is 1. The Morgan fingerprint density at radius 2 is 1.52 bits per heavy atom. The minimum absolute atomic E-state index is 0.0226. The number of nitrogens with one attached hydrogen (secondary N) is 1. The molecule has 0 bridgehead atoms. The number of amides is 2. The number of benzene rings is 2. The van der Waals surface area contributed by atoms with Gasteiger partial charge in [-0.15, -0.1) is 0 Å². The molecule has 8 heteroatoms. The summed E-state index contributed by atoms with van der Waals surface area (Å²) in [7, 11) is 0. The Labute approximate surface area is 192 Å². The molecule has 0 unspecified atom stereocenters. The molecule has 2 fully saturated rings. The molecule has 1 heterocycles. The molecule has 172 valence electrons. The molecule has 1 aliphatic heterocycles. The number of hydrogen-bond donors (Lipinski definition) is 2. The highest BCUT2D eigenvalue weighted by molar-refractivity contribution is 5.93. The van der Waals surface area contributed by atoms with E-state index in [1.165, 1.54) is 0 Å². The van der Waals surface area contributed by atoms with E-state index in [1.54, 1.807) is 4.90 Å². The fraction of sp³-hybridized carbons (Fsp3) is 0.400. The lowest BCUT2D eigenvalue weighted by Gasteiger charge is -2.35. The molecule has 0 radical (unpaired) electrons. The molecule has 3 aliphatic rings. The summed E-state index contributed by atoms with van der Waals surface area (Å²) >= 11 is 0. The third kappa shape index (κ3) is 4.18. The van der Waals surface area contributed by atoms with E-state index in [9.17, 15) is 14.4 Å². The largest absolute Gasteiger partial charge is 0.480 e. The Morgan fingerprint density at radius 3 is 2.06 bits per heavy atom. The summed E-state index contributed by atoms with van der Waals surface area (Å²) in [6.07, 6.45) is 0.601. The van der Waals surface area contributed by atoms with Gasteiger partial charge in [-0.1, -0.05) is 48.5 Å². The SMILES string of the molecule is O=C(O)CN1CCN(C(=O)C2(NC(=O)OCC3c4ccccc4-c4ccccc43)CC2)CC1. The lowest BCUT2D eigenvalue weighted by Crippen LogP contribution is -2.56. The van der Waals surface area contributed by atoms with Gasteiger partial charge in [-0.3, -0.25) is 14.5 Å². The zero-order valence-corrected chi connectivity index (χ0v) is 18.3. The lowest BCUT2D eigenvalue weighted by molar-refractivity contribution is -0.140. The standard InChI is InChI=1S/C25H27N3O5/c29-22(30)15-27-11-13-28(14-12-27)23(31)25(9-10-25)26-24(32)33-16-21-19-7-3-1-5-17(19)18-6-2-4-8-20(18)21/h1-8,21H,9-16H2,(H,26,32)(H,29,30). The first-order valence-electron chi connectivity index (χ1n) is 11.3. The minimum Gasteiger partial charge on any atom is -0.480 e. The first-order chi connectivity index (χ1) is 16.0. The average molecular weight is 450 g/mol. The second kappa shape index (κ2) is 8.51. The Hall–Kier alpha value is -3.39. The van der Waals surface area contributed by atoms with Crippen molar-refractivity contribution in [3.05, 3.63) is 59.7 Å². The zero-order valence-electron chi connectivity index (χ0n) is 18.3. The number of fused-ring (bicyclic) bond motifs is 3. The van der Waals surface area contributed by atoms with Crippen molar-refractivity contribution < 1.29 is 24.2 Å². The number of nitrogens with zero attached hydrogens (tertiary/aromatic N) is 2. The molecular weight excluding hydrogens is 422 g/mol. The van der Waals surface area contributed by atoms with Gasteiger partial charge in [0.05, 0.1) is 6.54 Å². The second-order valence-electron chi connectivity index (χ2n) is 8.99. The minimum atomic E-state index is -0.891. The molecule has 2 aromatic carbocycles. The summed E-state index contributed by atoms with van der Waals surface area (Å²) in [6, 6.07) is 16.3. The third-order valence-electron chi connectivity index (χ3n) is 6.86. The van der Waals surface area contributed by atoms with E-state index in [1.807, 2.05) is 29.2 Å². The number of hydrogen-bond acceptors (Lipinski definition) is 5. The predicted molar refractivity (Wildman–Crippen MR) is 121 cm³/mol. The Balaban J connectivity index is 1.18. The van der Waals surface area contributed by atoms with Gasteiger partial charge in [0.25, 0.3) is 0 Å². The molecule has 2 aliphatic carbocycles. The van der Waals surface area contributed by atoms with Crippen LogP contribution in [0.15, 0.2) is 48.5 Å². The number of rotatable bonds is 6. The van der Waals surface area contributed by atoms with Crippen LogP contribution < -0.4 is 5.32 Å². The van der Waals surface area contributed by atoms with Crippen LogP contribution in [0, 0.1) is 0 Å². The highest BCUT2D eigenvalue weighted by atomic mass is 16.5. The van der Waals surface area contributed by atoms with Gasteiger partial charge in [0.2, 0.25) is 5.91 Å². The Morgan fingerprint density at radius 1 is 0.939 bits per heavy atom. The van der Waals surface area contributed by atoms with Crippen LogP contribution in [0.25, 0.3) is 11.1 Å². The van der Waals surface area contributed by atoms with Gasteiger partial charge in [-0.05, 0) is 35.1 Å². The Kier molecular flexibility index (Phi) is 5.54. The summed E-state index contributed by atoms with van der Waals surface area (Å²) in [5, 5.41) is 11.8. The molecule has 5 rings (SSSR count). The molecule has 1 saturated heterocycles. The van der Waals surface area contributed by atoms with Crippen LogP contribution in [0.4, 0.5) is 4.79 Å². The molecule has 2 amide bonds. The molecule has 0 aromatic heterocycles. The number of carbonyl (C=O) groups excluding carboxylic acids is 2. The normalized spacial score (nSPS) is 18.8. The van der Waals surface area contributed by atoms with Crippen molar-refractivity contribution in [2.24, 2.45) is 0 Å². The molecule has 2 N–H and O–H groups in total. The van der Waals surface area contributed by atoms with Crippen molar-refractivity contribution in [1.82, 2.24) is 15.1 Å². The van der Waals surface area contributed by atoms with E-state index in [4.69, 9.17) is 9.84 Å². The van der Waals surface area contributed by atoms with Crippen LogP contribution in [0.1, 0.15) is 29.9 Å². The topological polar surface area (TPSA) is 99.2 Å². The maximum absolute atomic E-state index is 13.1. The van der Waals surface area contributed by atoms with Crippen LogP contribution >= 0.6 is 0 Å². The van der Waals surface area contributed by atoms with Gasteiger partial charge in [0.15, 0.2) is 0 Å². The maximum atomic E-state index is 13.1. The van der Waals surface area contributed by atoms with E-state index >= 15 is 0 Å². The number of carbonyl (C=O) groups is 3. The van der Waals surface area contributed by atoms with Gasteiger partial charge in [0.1, 0.15) is 12.1 Å². The quantitative estimate of drug-likeness (QED) is 0.702. The van der Waals surface area contributed by atoms with Crippen LogP contribution in [-0.2, 0) is 14.3 Å². The molecule has 0 atom stereocenters. The second-order valence-corrected chi connectivity index (χ2v) is 8.99. The number of carboxylic acid groups (broad SMARTS) is 1. The van der Waals surface area contributed by atoms with E-state index in [0.717, 1.165) is 22.3 Å². The van der Waals surface area contributed by atoms with Gasteiger partial charge < -0.3 is 20.1 Å². The van der Waals surface area contributed by atoms with Gasteiger partial charge in [-0.25, -0.2) is 4.79 Å². The molecule has 8 nitrogen and oxygen atoms in total. The van der Waals surface area contributed by atoms with Crippen molar-refractivity contribution in [3.8, 4) is 11.1 Å². The first-order valence-corrected chi connectivity index (χ1v) is 11.3. The highest BCUT2D eigenvalue weighted by Gasteiger charge is 2.53. The summed E-state index contributed by atoms with van der Waals surface area (Å²) < 4.78 is 5.62. The van der Waals surface area contributed by atoms with Crippen molar-refractivity contribution in [2.45, 2.75) is 24.3 Å². The van der Waals surface area contributed by atoms with E-state index < -0.39 is 17.6 Å². The number of carboxylic acids is 1. The van der Waals surface area contributed by atoms with Gasteiger partial charge >= 0.3 is 12.1 Å². The molecular formula is C25H27N3O5. The molecule has 33 heavy (non-hydrogen) atoms. The molecule has 0 spiro atoms. The molecule has 2 aromatic rings. The average Bonchev–Trinajstić information content (AvgIpc) is 3.52. The summed E-state index contributed by atoms with van der Waals surface area (Å²) in [5.41, 5.74) is 3.72. The monoisotopic (exact) mass is 449 g/mol. The van der Waals surface area contributed by atoms with Gasteiger partial charge in [0, 0.05) is 32.1 Å². The Bertz CT molecular complexity index is 1040. The third-order valence-corrected chi connectivity index (χ3v) is 6.86. The lowest BCUT2D eigenvalue weighted by atomic mass is 9.98. The van der Waals surface area contributed by atoms with Gasteiger partial charge in [-0.2, -0.15) is 0 Å². The van der Waals surface area contributed by atoms with Crippen molar-refractivity contribution in [1.29, 1.82) is 0 Å². The highest BCUT2D eigenvalue weighted by Crippen LogP contribution is 2.44. The number of alkyl carbamates (subject to hydrolysis) is 1. The van der Waals surface area contributed by atoms with Crippen molar-refractivity contribution in [2.75, 3.05) is 39.3 Å². The van der Waals surface area contributed by atoms with E-state index in [2.05, 4.69) is 29.6 Å². The van der Waals surface area contributed by atoms with Crippen LogP contribution in [0.2, 0.25) is 0 Å². The summed E-state index contributed by atoms with van der Waals surface area (Å²) in [4.78, 5) is 40.1. The number of aliphatic carboxylic acids is 1. The summed E-state index contributed by atoms with van der Waals surface area (Å²) in [5.74, 6) is -1.01. The number of ether oxygens (including phenoxy) is 1. The predicted octanol–water partition coefficient (Wildman–Crippen LogP) is 2.29. The maximum Gasteiger partial charge on any atom is 0.408 e. The van der Waals surface area contributed by atoms with E-state index in [-0.39, 0.29) is 25.0 Å². The first kappa shape index (κ1) is 21.5. The van der Waals surface area contributed by atoms with Crippen LogP contribution in [0.5, 0.6) is 0 Å². The fourth-order valence-electron chi connectivity index (χ4n) is 4.95. The van der Waals surface area contributed by atoms with Crippen molar-refractivity contribution in [3.63, 3.8) is 0 Å². The van der Waals surface area contributed by atoms with E-state index in [0.29, 0.717) is 39.0 Å². The van der Waals surface area contributed by atoms with Crippen molar-refractivity contribution >= 4 is 18.0 Å². The molecule has 1 saturated carbocycles.